The number of likely N-dealkylation sites (N-methyl/N-ethyl adjacent to an activating group) is 1. The first-order valence-corrected chi connectivity index (χ1v) is 7.81. The molecule has 1 heterocycles. The lowest BCUT2D eigenvalue weighted by Gasteiger charge is -2.29. The molecule has 3 rings (SSSR count). The summed E-state index contributed by atoms with van der Waals surface area (Å²) in [6.07, 6.45) is 1.11. The Balaban J connectivity index is 1.56. The molecule has 0 radical (unpaired) electrons. The molecule has 0 spiro atoms. The Morgan fingerprint density at radius 1 is 1.10 bits per heavy atom. The summed E-state index contributed by atoms with van der Waals surface area (Å²) in [5.74, 6) is 0. The summed E-state index contributed by atoms with van der Waals surface area (Å²) in [6, 6.07) is 17.4. The van der Waals surface area contributed by atoms with Crippen molar-refractivity contribution in [1.82, 2.24) is 10.2 Å². The van der Waals surface area contributed by atoms with Gasteiger partial charge < -0.3 is 10.2 Å². The smallest absolute Gasteiger partial charge is 0.0406 e. The van der Waals surface area contributed by atoms with E-state index in [1.807, 2.05) is 12.1 Å². The molecule has 110 valence electrons. The van der Waals surface area contributed by atoms with E-state index >= 15 is 0 Å². The maximum Gasteiger partial charge on any atom is 0.0406 e. The fraction of sp³-hybridized carbons (Fsp3) is 0.333. The van der Waals surface area contributed by atoms with Crippen LogP contribution in [0.5, 0.6) is 0 Å². The monoisotopic (exact) mass is 300 g/mol. The molecule has 2 aromatic carbocycles. The number of hydrogen-bond acceptors (Lipinski definition) is 2. The van der Waals surface area contributed by atoms with Crippen LogP contribution in [0.2, 0.25) is 5.02 Å². The Labute approximate surface area is 131 Å². The summed E-state index contributed by atoms with van der Waals surface area (Å²) >= 11 is 5.93. The number of hydrogen-bond donors (Lipinski definition) is 1. The lowest BCUT2D eigenvalue weighted by atomic mass is 9.95. The van der Waals surface area contributed by atoms with Gasteiger partial charge in [-0.1, -0.05) is 48.0 Å². The Morgan fingerprint density at radius 3 is 2.57 bits per heavy atom. The van der Waals surface area contributed by atoms with Crippen LogP contribution in [-0.4, -0.2) is 24.5 Å². The maximum absolute atomic E-state index is 5.93. The Morgan fingerprint density at radius 2 is 1.81 bits per heavy atom. The van der Waals surface area contributed by atoms with Gasteiger partial charge in [0.15, 0.2) is 0 Å². The molecule has 21 heavy (non-hydrogen) atoms. The predicted molar refractivity (Wildman–Crippen MR) is 88.6 cm³/mol. The van der Waals surface area contributed by atoms with Crippen molar-refractivity contribution in [2.75, 3.05) is 13.6 Å². The molecule has 0 fully saturated rings. The first-order chi connectivity index (χ1) is 10.2. The van der Waals surface area contributed by atoms with Gasteiger partial charge in [0, 0.05) is 30.7 Å². The second kappa shape index (κ2) is 6.61. The molecule has 0 amide bonds. The van der Waals surface area contributed by atoms with Gasteiger partial charge in [-0.25, -0.2) is 0 Å². The van der Waals surface area contributed by atoms with E-state index < -0.39 is 0 Å². The van der Waals surface area contributed by atoms with Gasteiger partial charge in [-0.05, 0) is 42.3 Å². The van der Waals surface area contributed by atoms with E-state index in [9.17, 15) is 0 Å². The predicted octanol–water partition coefficient (Wildman–Crippen LogP) is 3.49. The minimum absolute atomic E-state index is 0.525. The molecule has 0 saturated carbocycles. The van der Waals surface area contributed by atoms with Crippen molar-refractivity contribution in [1.29, 1.82) is 0 Å². The van der Waals surface area contributed by atoms with Crippen molar-refractivity contribution >= 4 is 11.6 Å². The first kappa shape index (κ1) is 14.6. The SMILES string of the molecule is CN(Cc1ccc(Cl)cc1)CC1Cc2ccccc2CN1. The van der Waals surface area contributed by atoms with Crippen LogP contribution in [0.3, 0.4) is 0 Å². The highest BCUT2D eigenvalue weighted by atomic mass is 35.5. The van der Waals surface area contributed by atoms with Crippen LogP contribution in [0.1, 0.15) is 16.7 Å². The molecule has 1 unspecified atom stereocenters. The number of rotatable bonds is 4. The molecule has 1 aliphatic rings. The highest BCUT2D eigenvalue weighted by Gasteiger charge is 2.18. The molecule has 1 atom stereocenters. The number of nitrogens with one attached hydrogen (secondary N) is 1. The second-order valence-electron chi connectivity index (χ2n) is 5.87. The summed E-state index contributed by atoms with van der Waals surface area (Å²) in [4.78, 5) is 2.37. The summed E-state index contributed by atoms with van der Waals surface area (Å²) in [5.41, 5.74) is 4.23. The molecule has 1 N–H and O–H groups in total. The van der Waals surface area contributed by atoms with Gasteiger partial charge in [0.1, 0.15) is 0 Å². The number of fused-ring (bicyclic) bond motifs is 1. The highest BCUT2D eigenvalue weighted by molar-refractivity contribution is 6.30. The van der Waals surface area contributed by atoms with Crippen LogP contribution >= 0.6 is 11.6 Å². The van der Waals surface area contributed by atoms with Crippen LogP contribution < -0.4 is 5.32 Å². The van der Waals surface area contributed by atoms with Gasteiger partial charge in [0.2, 0.25) is 0 Å². The quantitative estimate of drug-likeness (QED) is 0.930. The fourth-order valence-corrected chi connectivity index (χ4v) is 3.12. The zero-order chi connectivity index (χ0) is 14.7. The van der Waals surface area contributed by atoms with E-state index in [1.54, 1.807) is 0 Å². The van der Waals surface area contributed by atoms with Crippen LogP contribution in [0.25, 0.3) is 0 Å². The minimum Gasteiger partial charge on any atom is -0.308 e. The van der Waals surface area contributed by atoms with Crippen molar-refractivity contribution in [3.63, 3.8) is 0 Å². The van der Waals surface area contributed by atoms with Crippen molar-refractivity contribution < 1.29 is 0 Å². The van der Waals surface area contributed by atoms with Gasteiger partial charge in [-0.3, -0.25) is 0 Å². The Hall–Kier alpha value is -1.35. The average molecular weight is 301 g/mol. The summed E-state index contributed by atoms with van der Waals surface area (Å²) < 4.78 is 0. The van der Waals surface area contributed by atoms with E-state index in [1.165, 1.54) is 16.7 Å². The molecule has 3 heteroatoms. The van der Waals surface area contributed by atoms with Crippen LogP contribution in [0.4, 0.5) is 0 Å². The zero-order valence-corrected chi connectivity index (χ0v) is 13.1. The summed E-state index contributed by atoms with van der Waals surface area (Å²) in [7, 11) is 2.18. The van der Waals surface area contributed by atoms with Crippen LogP contribution in [0.15, 0.2) is 48.5 Å². The number of halogens is 1. The molecule has 2 aromatic rings. The van der Waals surface area contributed by atoms with E-state index in [-0.39, 0.29) is 0 Å². The van der Waals surface area contributed by atoms with Crippen molar-refractivity contribution in [2.45, 2.75) is 25.6 Å². The van der Waals surface area contributed by atoms with Gasteiger partial charge in [0.25, 0.3) is 0 Å². The summed E-state index contributed by atoms with van der Waals surface area (Å²) in [5, 5.41) is 4.44. The van der Waals surface area contributed by atoms with E-state index in [2.05, 4.69) is 53.7 Å². The maximum atomic E-state index is 5.93. The van der Waals surface area contributed by atoms with Gasteiger partial charge in [0.05, 0.1) is 0 Å². The third kappa shape index (κ3) is 3.85. The normalized spacial score (nSPS) is 17.8. The molecule has 1 aliphatic heterocycles. The molecule has 0 bridgehead atoms. The molecule has 0 aromatic heterocycles. The van der Waals surface area contributed by atoms with Crippen molar-refractivity contribution in [3.8, 4) is 0 Å². The summed E-state index contributed by atoms with van der Waals surface area (Å²) in [6.45, 7) is 2.99. The fourth-order valence-electron chi connectivity index (χ4n) is 2.99. The van der Waals surface area contributed by atoms with Gasteiger partial charge >= 0.3 is 0 Å². The van der Waals surface area contributed by atoms with E-state index in [0.717, 1.165) is 31.1 Å². The zero-order valence-electron chi connectivity index (χ0n) is 12.3. The van der Waals surface area contributed by atoms with Crippen LogP contribution in [-0.2, 0) is 19.5 Å². The minimum atomic E-state index is 0.525. The molecule has 2 nitrogen and oxygen atoms in total. The largest absolute Gasteiger partial charge is 0.308 e. The standard InChI is InChI=1S/C18H21ClN2/c1-21(12-14-6-8-17(19)9-7-14)13-18-10-15-4-2-3-5-16(15)11-20-18/h2-9,18,20H,10-13H2,1H3. The number of benzene rings is 2. The molecule has 0 aliphatic carbocycles. The number of nitrogens with zero attached hydrogens (tertiary/aromatic N) is 1. The van der Waals surface area contributed by atoms with Crippen LogP contribution in [0, 0.1) is 0 Å². The van der Waals surface area contributed by atoms with Gasteiger partial charge in [-0.2, -0.15) is 0 Å². The van der Waals surface area contributed by atoms with Crippen molar-refractivity contribution in [3.05, 3.63) is 70.2 Å². The third-order valence-corrected chi connectivity index (χ3v) is 4.32. The van der Waals surface area contributed by atoms with Gasteiger partial charge in [-0.15, -0.1) is 0 Å². The highest BCUT2D eigenvalue weighted by Crippen LogP contribution is 2.17. The van der Waals surface area contributed by atoms with E-state index in [4.69, 9.17) is 11.6 Å². The van der Waals surface area contributed by atoms with E-state index in [0.29, 0.717) is 6.04 Å². The Bertz CT molecular complexity index is 594. The topological polar surface area (TPSA) is 15.3 Å². The lowest BCUT2D eigenvalue weighted by Crippen LogP contribution is -2.43. The lowest BCUT2D eigenvalue weighted by molar-refractivity contribution is 0.274. The first-order valence-electron chi connectivity index (χ1n) is 7.44. The molecule has 0 saturated heterocycles. The second-order valence-corrected chi connectivity index (χ2v) is 6.31. The molecular weight excluding hydrogens is 280 g/mol. The molecular formula is C18H21ClN2. The Kier molecular flexibility index (Phi) is 4.59. The third-order valence-electron chi connectivity index (χ3n) is 4.06. The average Bonchev–Trinajstić information content (AvgIpc) is 2.49. The van der Waals surface area contributed by atoms with Crippen molar-refractivity contribution in [2.24, 2.45) is 0 Å².